The van der Waals surface area contributed by atoms with Crippen molar-refractivity contribution < 1.29 is 5.11 Å². The van der Waals surface area contributed by atoms with Gasteiger partial charge in [-0.2, -0.15) is 6.20 Å². The zero-order valence-corrected chi connectivity index (χ0v) is 5.41. The van der Waals surface area contributed by atoms with Gasteiger partial charge in [-0.25, -0.2) is 0 Å². The van der Waals surface area contributed by atoms with E-state index in [0.29, 0.717) is 0 Å². The smallest absolute Gasteiger partial charge is 0.0122 e. The number of hydrogen-bond acceptors (Lipinski definition) is 1. The van der Waals surface area contributed by atoms with E-state index in [0.717, 1.165) is 13.0 Å². The highest BCUT2D eigenvalue weighted by molar-refractivity contribution is 5.20. The predicted octanol–water partition coefficient (Wildman–Crippen LogP) is 1.88. The number of aliphatic hydroxyl groups excluding tert-OH is 1. The molecule has 0 bridgehead atoms. The molecule has 0 aromatic carbocycles. The van der Waals surface area contributed by atoms with Gasteiger partial charge < -0.3 is 15.7 Å². The molecular weight excluding hydrogens is 116 g/mol. The average Bonchev–Trinajstić information content (AvgIpc) is 1.93. The summed E-state index contributed by atoms with van der Waals surface area (Å²) in [6.45, 7) is 2.74. The third-order valence-electron chi connectivity index (χ3n) is 1.24. The normalized spacial score (nSPS) is 27.2. The fourth-order valence-electron chi connectivity index (χ4n) is 0.731. The van der Waals surface area contributed by atoms with Gasteiger partial charge in [0.05, 0.1) is 0 Å². The van der Waals surface area contributed by atoms with Crippen molar-refractivity contribution in [1.29, 1.82) is 0 Å². The van der Waals surface area contributed by atoms with Crippen LogP contribution >= 0.6 is 0 Å². The highest BCUT2D eigenvalue weighted by Crippen LogP contribution is 2.17. The number of hydrogen-bond donors (Lipinski definition) is 1. The first-order valence-corrected chi connectivity index (χ1v) is 3.05. The summed E-state index contributed by atoms with van der Waals surface area (Å²) in [6.07, 6.45) is 2.34. The second kappa shape index (κ2) is 2.62. The van der Waals surface area contributed by atoms with Gasteiger partial charge in [-0.15, -0.1) is 12.6 Å². The molecule has 9 heavy (non-hydrogen) atoms. The molecule has 1 aliphatic heterocycles. The van der Waals surface area contributed by atoms with Gasteiger partial charge in [0.25, 0.3) is 0 Å². The molecule has 1 atom stereocenters. The summed E-state index contributed by atoms with van der Waals surface area (Å²) in [5, 5.41) is 16.7. The Morgan fingerprint density at radius 3 is 3.33 bits per heavy atom. The molecule has 0 aromatic heterocycles. The Bertz CT molecular complexity index is 122. The van der Waals surface area contributed by atoms with Crippen molar-refractivity contribution in [3.8, 4) is 0 Å². The standard InChI is InChI=1S/C6H10N2O/c1-5-2-3-7-4-6(9)8-5/h4-5,9H,2-3H2,1H3/q-2. The monoisotopic (exact) mass is 126 g/mol. The highest BCUT2D eigenvalue weighted by Gasteiger charge is 1.88. The maximum atomic E-state index is 8.86. The lowest BCUT2D eigenvalue weighted by atomic mass is 10.2. The lowest BCUT2D eigenvalue weighted by Crippen LogP contribution is -1.99. The SMILES string of the molecule is CC1CC[N-]C=C(O)[N-]1. The van der Waals surface area contributed by atoms with Gasteiger partial charge in [-0.1, -0.05) is 13.3 Å². The van der Waals surface area contributed by atoms with Crippen molar-refractivity contribution in [2.45, 2.75) is 19.4 Å². The Hall–Kier alpha value is -0.860. The molecule has 1 heterocycles. The minimum atomic E-state index is 0.0556. The van der Waals surface area contributed by atoms with Crippen LogP contribution in [-0.4, -0.2) is 17.7 Å². The molecule has 1 aliphatic rings. The summed E-state index contributed by atoms with van der Waals surface area (Å²) in [5.74, 6) is 0.0556. The van der Waals surface area contributed by atoms with Crippen molar-refractivity contribution in [2.75, 3.05) is 6.54 Å². The van der Waals surface area contributed by atoms with E-state index in [2.05, 4.69) is 10.6 Å². The van der Waals surface area contributed by atoms with Crippen LogP contribution in [0.1, 0.15) is 13.3 Å². The largest absolute Gasteiger partial charge is 0.689 e. The van der Waals surface area contributed by atoms with Crippen LogP contribution in [0.15, 0.2) is 12.1 Å². The number of rotatable bonds is 0. The molecule has 0 aliphatic carbocycles. The number of nitrogens with zero attached hydrogens (tertiary/aromatic N) is 2. The Labute approximate surface area is 54.8 Å². The molecule has 3 nitrogen and oxygen atoms in total. The summed E-state index contributed by atoms with van der Waals surface area (Å²) in [7, 11) is 0. The third kappa shape index (κ3) is 1.83. The molecule has 0 fully saturated rings. The van der Waals surface area contributed by atoms with E-state index in [-0.39, 0.29) is 11.9 Å². The predicted molar refractivity (Wildman–Crippen MR) is 36.4 cm³/mol. The highest BCUT2D eigenvalue weighted by atomic mass is 16.3. The van der Waals surface area contributed by atoms with Crippen LogP contribution < -0.4 is 0 Å². The summed E-state index contributed by atoms with van der Waals surface area (Å²) >= 11 is 0. The molecule has 0 saturated heterocycles. The first kappa shape index (κ1) is 6.26. The van der Waals surface area contributed by atoms with E-state index in [1.165, 1.54) is 6.20 Å². The van der Waals surface area contributed by atoms with Crippen LogP contribution in [0, 0.1) is 0 Å². The summed E-state index contributed by atoms with van der Waals surface area (Å²) in [5.41, 5.74) is 0. The summed E-state index contributed by atoms with van der Waals surface area (Å²) in [4.78, 5) is 0. The molecule has 3 heteroatoms. The maximum absolute atomic E-state index is 8.86. The quantitative estimate of drug-likeness (QED) is 0.529. The van der Waals surface area contributed by atoms with Crippen molar-refractivity contribution in [3.63, 3.8) is 0 Å². The first-order valence-electron chi connectivity index (χ1n) is 3.05. The van der Waals surface area contributed by atoms with Crippen LogP contribution in [-0.2, 0) is 0 Å². The van der Waals surface area contributed by atoms with Crippen molar-refractivity contribution in [3.05, 3.63) is 22.7 Å². The van der Waals surface area contributed by atoms with Gasteiger partial charge in [0, 0.05) is 0 Å². The maximum Gasteiger partial charge on any atom is -0.0122 e. The molecule has 0 saturated carbocycles. The van der Waals surface area contributed by atoms with Gasteiger partial charge >= 0.3 is 0 Å². The molecule has 1 rings (SSSR count). The summed E-state index contributed by atoms with van der Waals surface area (Å²) < 4.78 is 0. The second-order valence-electron chi connectivity index (χ2n) is 2.16. The zero-order valence-electron chi connectivity index (χ0n) is 5.41. The molecule has 1 unspecified atom stereocenters. The van der Waals surface area contributed by atoms with E-state index in [1.54, 1.807) is 0 Å². The zero-order chi connectivity index (χ0) is 6.69. The third-order valence-corrected chi connectivity index (χ3v) is 1.24. The molecule has 0 radical (unpaired) electrons. The Kier molecular flexibility index (Phi) is 1.82. The van der Waals surface area contributed by atoms with Crippen LogP contribution in [0.3, 0.4) is 0 Å². The van der Waals surface area contributed by atoms with Crippen LogP contribution in [0.2, 0.25) is 0 Å². The number of aliphatic hydroxyl groups is 1. The molecule has 52 valence electrons. The van der Waals surface area contributed by atoms with Gasteiger partial charge in [0.2, 0.25) is 0 Å². The van der Waals surface area contributed by atoms with Crippen LogP contribution in [0.4, 0.5) is 0 Å². The van der Waals surface area contributed by atoms with E-state index in [1.807, 2.05) is 6.92 Å². The van der Waals surface area contributed by atoms with E-state index in [9.17, 15) is 0 Å². The van der Waals surface area contributed by atoms with Gasteiger partial charge in [-0.3, -0.25) is 0 Å². The van der Waals surface area contributed by atoms with E-state index in [4.69, 9.17) is 5.11 Å². The van der Waals surface area contributed by atoms with Crippen LogP contribution in [0.5, 0.6) is 0 Å². The molecule has 0 amide bonds. The lowest BCUT2D eigenvalue weighted by molar-refractivity contribution is 0.417. The first-order chi connectivity index (χ1) is 4.29. The second-order valence-corrected chi connectivity index (χ2v) is 2.16. The molecular formula is C6H10N2O-2. The average molecular weight is 126 g/mol. The Morgan fingerprint density at radius 1 is 1.78 bits per heavy atom. The summed E-state index contributed by atoms with van der Waals surface area (Å²) in [6, 6.07) is 0.215. The lowest BCUT2D eigenvalue weighted by Gasteiger charge is -2.26. The van der Waals surface area contributed by atoms with E-state index >= 15 is 0 Å². The van der Waals surface area contributed by atoms with Gasteiger partial charge in [0.1, 0.15) is 0 Å². The minimum Gasteiger partial charge on any atom is -0.689 e. The fourth-order valence-corrected chi connectivity index (χ4v) is 0.731. The molecule has 0 spiro atoms. The van der Waals surface area contributed by atoms with Crippen molar-refractivity contribution in [1.82, 2.24) is 0 Å². The Morgan fingerprint density at radius 2 is 2.56 bits per heavy atom. The van der Waals surface area contributed by atoms with Gasteiger partial charge in [-0.05, 0) is 5.88 Å². The van der Waals surface area contributed by atoms with Crippen molar-refractivity contribution >= 4 is 0 Å². The van der Waals surface area contributed by atoms with Gasteiger partial charge in [0.15, 0.2) is 0 Å². The van der Waals surface area contributed by atoms with Crippen LogP contribution in [0.25, 0.3) is 10.6 Å². The fraction of sp³-hybridized carbons (Fsp3) is 0.667. The molecule has 0 aromatic rings. The van der Waals surface area contributed by atoms with E-state index < -0.39 is 0 Å². The minimum absolute atomic E-state index is 0.0556. The molecule has 1 N–H and O–H groups in total. The topological polar surface area (TPSA) is 48.4 Å². The van der Waals surface area contributed by atoms with Crippen molar-refractivity contribution in [2.24, 2.45) is 0 Å². The Balaban J connectivity index is 2.44.